The Hall–Kier alpha value is -1.17. The number of rotatable bonds is 12. The molecule has 3 atom stereocenters. The predicted octanol–water partition coefficient (Wildman–Crippen LogP) is 5.36. The molecule has 3 aliphatic rings. The largest absolute Gasteiger partial charge is 0.354 e. The van der Waals surface area contributed by atoms with Crippen LogP contribution in [0, 0.1) is 23.7 Å². The number of nitrogens with one attached hydrogen (secondary N) is 1. The molecule has 0 bridgehead atoms. The summed E-state index contributed by atoms with van der Waals surface area (Å²) in [4.78, 5) is 29.0. The summed E-state index contributed by atoms with van der Waals surface area (Å²) in [6.07, 6.45) is 17.5. The molecule has 1 saturated heterocycles. The van der Waals surface area contributed by atoms with Crippen LogP contribution < -0.4 is 11.1 Å². The maximum atomic E-state index is 13.6. The normalized spacial score (nSPS) is 29.2. The van der Waals surface area contributed by atoms with Crippen molar-refractivity contribution in [1.29, 1.82) is 0 Å². The molecule has 2 aliphatic carbocycles. The lowest BCUT2D eigenvalue weighted by molar-refractivity contribution is -0.144. The zero-order chi connectivity index (χ0) is 24.3. The summed E-state index contributed by atoms with van der Waals surface area (Å²) in [5.74, 6) is 1.23. The summed E-state index contributed by atoms with van der Waals surface area (Å²) >= 11 is 0. The lowest BCUT2D eigenvalue weighted by Gasteiger charge is -2.36. The lowest BCUT2D eigenvalue weighted by Crippen LogP contribution is -2.52. The quantitative estimate of drug-likeness (QED) is 0.370. The fourth-order valence-electron chi connectivity index (χ4n) is 6.83. The number of halogens is 1. The molecule has 2 saturated carbocycles. The Morgan fingerprint density at radius 3 is 2.29 bits per heavy atom. The van der Waals surface area contributed by atoms with Crippen LogP contribution in [-0.4, -0.2) is 48.6 Å². The van der Waals surface area contributed by atoms with E-state index in [0.29, 0.717) is 24.9 Å². The molecule has 3 N–H and O–H groups in total. The van der Waals surface area contributed by atoms with Gasteiger partial charge in [0.25, 0.3) is 0 Å². The van der Waals surface area contributed by atoms with Crippen LogP contribution in [0.4, 0.5) is 4.39 Å². The Balaban J connectivity index is 1.58. The minimum absolute atomic E-state index is 0.0398. The maximum Gasteiger partial charge on any atom is 0.243 e. The van der Waals surface area contributed by atoms with Crippen molar-refractivity contribution >= 4 is 11.8 Å². The fourth-order valence-corrected chi connectivity index (χ4v) is 6.83. The molecule has 5 nitrogen and oxygen atoms in total. The van der Waals surface area contributed by atoms with Crippen LogP contribution in [0.15, 0.2) is 0 Å². The molecule has 3 fully saturated rings. The molecule has 0 aromatic rings. The molecule has 1 aliphatic heterocycles. The van der Waals surface area contributed by atoms with E-state index in [4.69, 9.17) is 5.73 Å². The number of carbonyl (C=O) groups excluding carboxylic acids is 2. The molecule has 2 amide bonds. The molecular formula is C28H50FN3O2. The third kappa shape index (κ3) is 7.41. The van der Waals surface area contributed by atoms with E-state index in [1.807, 2.05) is 4.90 Å². The number of amides is 2. The minimum Gasteiger partial charge on any atom is -0.354 e. The third-order valence-electron chi connectivity index (χ3n) is 8.99. The van der Waals surface area contributed by atoms with Crippen LogP contribution in [0.5, 0.6) is 0 Å². The highest BCUT2D eigenvalue weighted by atomic mass is 19.1. The van der Waals surface area contributed by atoms with E-state index in [1.165, 1.54) is 57.8 Å². The standard InChI is InChI=1S/C28H50FN3O2/c1-2-3-4-5-6-10-18-31-27(33)26-24(21-11-8-7-9-12-21)17-19-32(26)28(34)23-15-13-22(14-16-23)25(30)20-29/h21-26H,2-20,30H2,1H3,(H,31,33)/t22-,23-,24?,25-,26+/m1/s1. The molecule has 0 radical (unpaired) electrons. The molecule has 34 heavy (non-hydrogen) atoms. The van der Waals surface area contributed by atoms with Crippen molar-refractivity contribution in [3.05, 3.63) is 0 Å². The lowest BCUT2D eigenvalue weighted by atomic mass is 9.76. The van der Waals surface area contributed by atoms with Crippen molar-refractivity contribution in [2.45, 2.75) is 122 Å². The van der Waals surface area contributed by atoms with Crippen LogP contribution in [0.2, 0.25) is 0 Å². The van der Waals surface area contributed by atoms with E-state index in [1.54, 1.807) is 0 Å². The van der Waals surface area contributed by atoms with Gasteiger partial charge in [0.2, 0.25) is 11.8 Å². The first-order valence-corrected chi connectivity index (χ1v) is 14.5. The van der Waals surface area contributed by atoms with Crippen LogP contribution in [0.3, 0.4) is 0 Å². The molecule has 0 aromatic carbocycles. The molecule has 6 heteroatoms. The maximum absolute atomic E-state index is 13.6. The number of likely N-dealkylation sites (tertiary alicyclic amines) is 1. The highest BCUT2D eigenvalue weighted by molar-refractivity contribution is 5.89. The van der Waals surface area contributed by atoms with Gasteiger partial charge in [0, 0.05) is 25.0 Å². The smallest absolute Gasteiger partial charge is 0.243 e. The number of hydrogen-bond acceptors (Lipinski definition) is 3. The van der Waals surface area contributed by atoms with E-state index in [0.717, 1.165) is 44.9 Å². The second-order valence-electron chi connectivity index (χ2n) is 11.3. The first-order chi connectivity index (χ1) is 16.6. The van der Waals surface area contributed by atoms with Crippen LogP contribution >= 0.6 is 0 Å². The van der Waals surface area contributed by atoms with Crippen molar-refractivity contribution < 1.29 is 14.0 Å². The number of nitrogens with two attached hydrogens (primary N) is 1. The summed E-state index contributed by atoms with van der Waals surface area (Å²) in [5, 5.41) is 3.21. The van der Waals surface area contributed by atoms with Gasteiger partial charge in [-0.25, -0.2) is 4.39 Å². The molecular weight excluding hydrogens is 429 g/mol. The SMILES string of the molecule is CCCCCCCCNC(=O)[C@@H]1C(C2CCCCC2)CCN1C(=O)[C@H]1CC[C@H]([C@H](N)CF)CC1. The Labute approximate surface area is 207 Å². The summed E-state index contributed by atoms with van der Waals surface area (Å²) in [7, 11) is 0. The predicted molar refractivity (Wildman–Crippen MR) is 136 cm³/mol. The minimum atomic E-state index is -0.487. The molecule has 196 valence electrons. The zero-order valence-electron chi connectivity index (χ0n) is 21.6. The van der Waals surface area contributed by atoms with Crippen molar-refractivity contribution in [3.63, 3.8) is 0 Å². The highest BCUT2D eigenvalue weighted by Gasteiger charge is 2.46. The van der Waals surface area contributed by atoms with Gasteiger partial charge in [-0.2, -0.15) is 0 Å². The van der Waals surface area contributed by atoms with Gasteiger partial charge in [-0.15, -0.1) is 0 Å². The van der Waals surface area contributed by atoms with Gasteiger partial charge in [-0.05, 0) is 56.3 Å². The third-order valence-corrected chi connectivity index (χ3v) is 8.99. The summed E-state index contributed by atoms with van der Waals surface area (Å²) in [6, 6.07) is -0.708. The van der Waals surface area contributed by atoms with Crippen LogP contribution in [0.25, 0.3) is 0 Å². The van der Waals surface area contributed by atoms with E-state index >= 15 is 0 Å². The van der Waals surface area contributed by atoms with E-state index in [-0.39, 0.29) is 29.7 Å². The van der Waals surface area contributed by atoms with Gasteiger partial charge >= 0.3 is 0 Å². The van der Waals surface area contributed by atoms with Gasteiger partial charge < -0.3 is 16.0 Å². The first-order valence-electron chi connectivity index (χ1n) is 14.5. The van der Waals surface area contributed by atoms with Gasteiger partial charge in [0.15, 0.2) is 0 Å². The van der Waals surface area contributed by atoms with Crippen molar-refractivity contribution in [3.8, 4) is 0 Å². The second-order valence-corrected chi connectivity index (χ2v) is 11.3. The average Bonchev–Trinajstić information content (AvgIpc) is 3.33. The number of unbranched alkanes of at least 4 members (excludes halogenated alkanes) is 5. The van der Waals surface area contributed by atoms with E-state index in [2.05, 4.69) is 12.2 Å². The van der Waals surface area contributed by atoms with Crippen LogP contribution in [0.1, 0.15) is 110 Å². The molecule has 0 spiro atoms. The Morgan fingerprint density at radius 2 is 1.62 bits per heavy atom. The second kappa shape index (κ2) is 14.4. The number of alkyl halides is 1. The Bertz CT molecular complexity index is 617. The summed E-state index contributed by atoms with van der Waals surface area (Å²) in [5.41, 5.74) is 5.92. The number of carbonyl (C=O) groups is 2. The Kier molecular flexibility index (Phi) is 11.6. The molecule has 1 heterocycles. The molecule has 3 rings (SSSR count). The van der Waals surface area contributed by atoms with Gasteiger partial charge in [0.05, 0.1) is 0 Å². The zero-order valence-corrected chi connectivity index (χ0v) is 21.6. The van der Waals surface area contributed by atoms with Gasteiger partial charge in [-0.3, -0.25) is 9.59 Å². The first kappa shape index (κ1) is 27.4. The van der Waals surface area contributed by atoms with E-state index in [9.17, 15) is 14.0 Å². The summed E-state index contributed by atoms with van der Waals surface area (Å²) in [6.45, 7) is 3.16. The summed E-state index contributed by atoms with van der Waals surface area (Å²) < 4.78 is 13.0. The highest BCUT2D eigenvalue weighted by Crippen LogP contribution is 2.41. The van der Waals surface area contributed by atoms with Crippen LogP contribution in [-0.2, 0) is 9.59 Å². The van der Waals surface area contributed by atoms with Crippen molar-refractivity contribution in [1.82, 2.24) is 10.2 Å². The number of hydrogen-bond donors (Lipinski definition) is 2. The number of nitrogens with zero attached hydrogens (tertiary/aromatic N) is 1. The molecule has 0 aromatic heterocycles. The van der Waals surface area contributed by atoms with Crippen molar-refractivity contribution in [2.24, 2.45) is 29.4 Å². The van der Waals surface area contributed by atoms with Crippen molar-refractivity contribution in [2.75, 3.05) is 19.8 Å². The fraction of sp³-hybridized carbons (Fsp3) is 0.929. The topological polar surface area (TPSA) is 75.4 Å². The Morgan fingerprint density at radius 1 is 0.941 bits per heavy atom. The van der Waals surface area contributed by atoms with Gasteiger partial charge in [-0.1, -0.05) is 71.1 Å². The average molecular weight is 480 g/mol. The van der Waals surface area contributed by atoms with Gasteiger partial charge in [0.1, 0.15) is 12.7 Å². The monoisotopic (exact) mass is 479 g/mol. The molecule has 1 unspecified atom stereocenters. The van der Waals surface area contributed by atoms with E-state index < -0.39 is 12.7 Å².